The van der Waals surface area contributed by atoms with Crippen molar-refractivity contribution in [1.29, 1.82) is 0 Å². The molecule has 1 aromatic rings. The van der Waals surface area contributed by atoms with Crippen LogP contribution in [-0.2, 0) is 14.3 Å². The summed E-state index contributed by atoms with van der Waals surface area (Å²) in [6, 6.07) is 6.74. The molecule has 0 unspecified atom stereocenters. The van der Waals surface area contributed by atoms with E-state index in [9.17, 15) is 14.4 Å². The van der Waals surface area contributed by atoms with E-state index < -0.39 is 12.1 Å². The van der Waals surface area contributed by atoms with E-state index in [0.717, 1.165) is 25.7 Å². The molecular weight excluding hydrogens is 334 g/mol. The number of hydrogen-bond donors (Lipinski definition) is 1. The van der Waals surface area contributed by atoms with Gasteiger partial charge >= 0.3 is 5.97 Å². The number of nitrogens with one attached hydrogen (secondary N) is 1. The Morgan fingerprint density at radius 2 is 1.85 bits per heavy atom. The van der Waals surface area contributed by atoms with Crippen LogP contribution in [0.1, 0.15) is 62.7 Å². The molecule has 26 heavy (non-hydrogen) atoms. The lowest BCUT2D eigenvalue weighted by atomic mass is 10.1. The number of benzene rings is 1. The molecule has 6 nitrogen and oxygen atoms in total. The number of Topliss-reactive ketones (excluding diaryl/α,β-unsaturated/α-hetero) is 1. The lowest BCUT2D eigenvalue weighted by Gasteiger charge is -2.19. The van der Waals surface area contributed by atoms with Crippen LogP contribution in [0.15, 0.2) is 24.3 Å². The van der Waals surface area contributed by atoms with Crippen molar-refractivity contribution < 1.29 is 23.9 Å². The Hall–Kier alpha value is -2.37. The molecule has 1 N–H and O–H groups in total. The molecule has 0 aromatic heterocycles. The van der Waals surface area contributed by atoms with Crippen LogP contribution in [0.3, 0.4) is 0 Å². The van der Waals surface area contributed by atoms with E-state index in [-0.39, 0.29) is 24.3 Å². The van der Waals surface area contributed by atoms with E-state index in [0.29, 0.717) is 11.3 Å². The van der Waals surface area contributed by atoms with Crippen LogP contribution in [-0.4, -0.2) is 36.4 Å². The fourth-order valence-corrected chi connectivity index (χ4v) is 2.97. The summed E-state index contributed by atoms with van der Waals surface area (Å²) in [4.78, 5) is 35.4. The van der Waals surface area contributed by atoms with Crippen molar-refractivity contribution in [3.05, 3.63) is 29.8 Å². The Labute approximate surface area is 154 Å². The molecule has 0 radical (unpaired) electrons. The van der Waals surface area contributed by atoms with Crippen LogP contribution in [0, 0.1) is 0 Å². The highest BCUT2D eigenvalue weighted by atomic mass is 16.6. The maximum atomic E-state index is 12.2. The topological polar surface area (TPSA) is 81.7 Å². The average Bonchev–Trinajstić information content (AvgIpc) is 2.88. The fraction of sp³-hybridized carbons (Fsp3) is 0.550. The van der Waals surface area contributed by atoms with Gasteiger partial charge in [0.05, 0.1) is 0 Å². The molecule has 0 spiro atoms. The van der Waals surface area contributed by atoms with Crippen molar-refractivity contribution in [3.8, 4) is 5.75 Å². The number of carbonyl (C=O) groups is 3. The Morgan fingerprint density at radius 1 is 1.15 bits per heavy atom. The van der Waals surface area contributed by atoms with Gasteiger partial charge in [0.1, 0.15) is 5.75 Å². The summed E-state index contributed by atoms with van der Waals surface area (Å²) >= 11 is 0. The summed E-state index contributed by atoms with van der Waals surface area (Å²) in [7, 11) is 0. The van der Waals surface area contributed by atoms with E-state index >= 15 is 0 Å². The highest BCUT2D eigenvalue weighted by molar-refractivity contribution is 5.94. The Bertz CT molecular complexity index is 635. The summed E-state index contributed by atoms with van der Waals surface area (Å²) in [5, 5.41) is 2.96. The first-order chi connectivity index (χ1) is 12.5. The molecule has 6 heteroatoms. The van der Waals surface area contributed by atoms with Crippen molar-refractivity contribution in [1.82, 2.24) is 5.32 Å². The molecule has 1 fully saturated rings. The number of hydrogen-bond acceptors (Lipinski definition) is 5. The van der Waals surface area contributed by atoms with Crippen molar-refractivity contribution in [2.24, 2.45) is 0 Å². The van der Waals surface area contributed by atoms with Crippen LogP contribution in [0.5, 0.6) is 5.75 Å². The number of ketones is 1. The first kappa shape index (κ1) is 19.9. The molecular formula is C20H27NO5. The number of carbonyl (C=O) groups excluding carboxylic acids is 3. The van der Waals surface area contributed by atoms with Gasteiger partial charge in [-0.15, -0.1) is 0 Å². The second kappa shape index (κ2) is 9.94. The molecule has 142 valence electrons. The third-order valence-corrected chi connectivity index (χ3v) is 4.48. The van der Waals surface area contributed by atoms with Crippen LogP contribution in [0.2, 0.25) is 0 Å². The van der Waals surface area contributed by atoms with Crippen LogP contribution in [0.25, 0.3) is 0 Å². The average molecular weight is 361 g/mol. The van der Waals surface area contributed by atoms with Gasteiger partial charge in [0, 0.05) is 11.6 Å². The molecule has 2 rings (SSSR count). The van der Waals surface area contributed by atoms with Crippen molar-refractivity contribution >= 4 is 17.7 Å². The number of ether oxygens (including phenoxy) is 2. The normalized spacial score (nSPS) is 16.2. The number of esters is 1. The second-order valence-corrected chi connectivity index (χ2v) is 6.70. The first-order valence-electron chi connectivity index (χ1n) is 9.19. The molecule has 1 aromatic carbocycles. The fourth-order valence-electron chi connectivity index (χ4n) is 2.97. The minimum atomic E-state index is -0.863. The lowest BCUT2D eigenvalue weighted by Crippen LogP contribution is -2.42. The van der Waals surface area contributed by atoms with Crippen LogP contribution >= 0.6 is 0 Å². The molecule has 0 saturated heterocycles. The number of rotatable bonds is 7. The summed E-state index contributed by atoms with van der Waals surface area (Å²) in [6.07, 6.45) is 5.73. The second-order valence-electron chi connectivity index (χ2n) is 6.70. The molecule has 1 amide bonds. The molecule has 0 bridgehead atoms. The standard InChI is InChI=1S/C20H27NO5/c1-14(22)16-8-7-11-18(12-16)25-13-19(23)26-15(2)20(24)21-17-9-5-3-4-6-10-17/h7-8,11-12,15,17H,3-6,9-10,13H2,1-2H3,(H,21,24)/t15-/m0/s1. The van der Waals surface area contributed by atoms with Gasteiger partial charge in [-0.1, -0.05) is 37.8 Å². The van der Waals surface area contributed by atoms with Gasteiger partial charge in [-0.2, -0.15) is 0 Å². The van der Waals surface area contributed by atoms with E-state index in [1.807, 2.05) is 0 Å². The van der Waals surface area contributed by atoms with E-state index in [2.05, 4.69) is 5.32 Å². The van der Waals surface area contributed by atoms with Gasteiger partial charge in [0.15, 0.2) is 18.5 Å². The van der Waals surface area contributed by atoms with E-state index in [4.69, 9.17) is 9.47 Å². The predicted molar refractivity (Wildman–Crippen MR) is 97.1 cm³/mol. The van der Waals surface area contributed by atoms with Crippen LogP contribution < -0.4 is 10.1 Å². The SMILES string of the molecule is CC(=O)c1cccc(OCC(=O)O[C@@H](C)C(=O)NC2CCCCCC2)c1. The molecule has 1 aliphatic rings. The predicted octanol–water partition coefficient (Wildman–Crippen LogP) is 3.04. The summed E-state index contributed by atoms with van der Waals surface area (Å²) in [5.74, 6) is -0.572. The van der Waals surface area contributed by atoms with Crippen molar-refractivity contribution in [3.63, 3.8) is 0 Å². The van der Waals surface area contributed by atoms with Gasteiger partial charge in [-0.05, 0) is 38.8 Å². The van der Waals surface area contributed by atoms with Gasteiger partial charge in [-0.3, -0.25) is 9.59 Å². The zero-order valence-corrected chi connectivity index (χ0v) is 15.5. The zero-order valence-electron chi connectivity index (χ0n) is 15.5. The highest BCUT2D eigenvalue weighted by Gasteiger charge is 2.22. The van der Waals surface area contributed by atoms with E-state index in [1.54, 1.807) is 31.2 Å². The zero-order chi connectivity index (χ0) is 18.9. The van der Waals surface area contributed by atoms with Crippen molar-refractivity contribution in [2.75, 3.05) is 6.61 Å². The highest BCUT2D eigenvalue weighted by Crippen LogP contribution is 2.17. The molecule has 0 aliphatic heterocycles. The maximum absolute atomic E-state index is 12.2. The summed E-state index contributed by atoms with van der Waals surface area (Å²) in [5.41, 5.74) is 0.506. The maximum Gasteiger partial charge on any atom is 0.344 e. The van der Waals surface area contributed by atoms with Crippen LogP contribution in [0.4, 0.5) is 0 Å². The molecule has 1 atom stereocenters. The Morgan fingerprint density at radius 3 is 2.50 bits per heavy atom. The van der Waals surface area contributed by atoms with Gasteiger partial charge in [0.25, 0.3) is 5.91 Å². The summed E-state index contributed by atoms with van der Waals surface area (Å²) < 4.78 is 10.5. The largest absolute Gasteiger partial charge is 0.482 e. The first-order valence-corrected chi connectivity index (χ1v) is 9.19. The Kier molecular flexibility index (Phi) is 7.63. The quantitative estimate of drug-likeness (QED) is 0.459. The smallest absolute Gasteiger partial charge is 0.344 e. The van der Waals surface area contributed by atoms with Gasteiger partial charge in [0.2, 0.25) is 0 Å². The molecule has 1 aliphatic carbocycles. The van der Waals surface area contributed by atoms with Gasteiger partial charge in [-0.25, -0.2) is 4.79 Å². The van der Waals surface area contributed by atoms with E-state index in [1.165, 1.54) is 19.8 Å². The third-order valence-electron chi connectivity index (χ3n) is 4.48. The molecule has 1 saturated carbocycles. The lowest BCUT2D eigenvalue weighted by molar-refractivity contribution is -0.156. The van der Waals surface area contributed by atoms with Gasteiger partial charge < -0.3 is 14.8 Å². The summed E-state index contributed by atoms with van der Waals surface area (Å²) in [6.45, 7) is 2.70. The monoisotopic (exact) mass is 361 g/mol. The van der Waals surface area contributed by atoms with Crippen molar-refractivity contribution in [2.45, 2.75) is 64.5 Å². The Balaban J connectivity index is 1.76. The minimum Gasteiger partial charge on any atom is -0.482 e. The molecule has 0 heterocycles. The third kappa shape index (κ3) is 6.50. The number of amides is 1. The minimum absolute atomic E-state index is 0.0816.